The van der Waals surface area contributed by atoms with Crippen molar-refractivity contribution in [2.75, 3.05) is 5.32 Å². The second-order valence-electron chi connectivity index (χ2n) is 5.19. The Morgan fingerprint density at radius 2 is 1.96 bits per heavy atom. The molecular formula is C16H12BrN7O. The van der Waals surface area contributed by atoms with Crippen LogP contribution in [0.4, 0.5) is 11.5 Å². The van der Waals surface area contributed by atoms with Crippen molar-refractivity contribution in [2.45, 2.75) is 6.92 Å². The molecule has 4 aromatic rings. The van der Waals surface area contributed by atoms with Gasteiger partial charge in [0.2, 0.25) is 0 Å². The highest BCUT2D eigenvalue weighted by Gasteiger charge is 2.07. The van der Waals surface area contributed by atoms with Crippen molar-refractivity contribution in [3.05, 3.63) is 59.2 Å². The van der Waals surface area contributed by atoms with E-state index in [0.29, 0.717) is 11.5 Å². The average Bonchev–Trinajstić information content (AvgIpc) is 3.06. The molecule has 3 aromatic heterocycles. The lowest BCUT2D eigenvalue weighted by Crippen LogP contribution is -2.02. The molecule has 1 N–H and O–H groups in total. The van der Waals surface area contributed by atoms with Crippen LogP contribution < -0.4 is 10.1 Å². The van der Waals surface area contributed by atoms with Crippen molar-refractivity contribution < 1.29 is 4.74 Å². The molecule has 0 aliphatic heterocycles. The number of hydrogen-bond acceptors (Lipinski definition) is 7. The van der Waals surface area contributed by atoms with E-state index in [9.17, 15) is 0 Å². The van der Waals surface area contributed by atoms with Crippen molar-refractivity contribution >= 4 is 33.2 Å². The number of halogens is 1. The number of hydrogen-bond donors (Lipinski definition) is 1. The molecule has 4 rings (SSSR count). The molecule has 8 nitrogen and oxygen atoms in total. The number of aryl methyl sites for hydroxylation is 1. The van der Waals surface area contributed by atoms with Gasteiger partial charge in [-0.3, -0.25) is 0 Å². The molecule has 0 atom stereocenters. The van der Waals surface area contributed by atoms with Gasteiger partial charge < -0.3 is 10.1 Å². The van der Waals surface area contributed by atoms with Gasteiger partial charge in [0.1, 0.15) is 17.9 Å². The Bertz CT molecular complexity index is 1030. The molecule has 0 fully saturated rings. The van der Waals surface area contributed by atoms with Crippen LogP contribution in [0.15, 0.2) is 53.5 Å². The fourth-order valence-corrected chi connectivity index (χ4v) is 2.47. The van der Waals surface area contributed by atoms with Crippen molar-refractivity contribution in [3.63, 3.8) is 0 Å². The highest BCUT2D eigenvalue weighted by atomic mass is 79.9. The maximum Gasteiger partial charge on any atom is 0.321 e. The first-order valence-corrected chi connectivity index (χ1v) is 8.16. The van der Waals surface area contributed by atoms with Crippen molar-refractivity contribution in [3.8, 4) is 11.8 Å². The Morgan fingerprint density at radius 1 is 1.12 bits per heavy atom. The van der Waals surface area contributed by atoms with Crippen LogP contribution >= 0.6 is 15.9 Å². The van der Waals surface area contributed by atoms with Crippen LogP contribution in [0.3, 0.4) is 0 Å². The molecule has 0 saturated carbocycles. The van der Waals surface area contributed by atoms with Crippen LogP contribution in [0.25, 0.3) is 5.78 Å². The van der Waals surface area contributed by atoms with E-state index in [0.717, 1.165) is 21.7 Å². The number of aromatic nitrogens is 6. The van der Waals surface area contributed by atoms with Gasteiger partial charge in [-0.2, -0.15) is 14.6 Å². The van der Waals surface area contributed by atoms with Gasteiger partial charge in [0, 0.05) is 35.9 Å². The predicted octanol–water partition coefficient (Wildman–Crippen LogP) is 3.52. The summed E-state index contributed by atoms with van der Waals surface area (Å²) in [5.74, 6) is 1.92. The van der Waals surface area contributed by atoms with Gasteiger partial charge in [0.05, 0.1) is 4.47 Å². The quantitative estimate of drug-likeness (QED) is 0.563. The number of anilines is 2. The van der Waals surface area contributed by atoms with Crippen LogP contribution in [0, 0.1) is 6.92 Å². The van der Waals surface area contributed by atoms with Crippen LogP contribution in [0.1, 0.15) is 5.69 Å². The second-order valence-corrected chi connectivity index (χ2v) is 6.11. The van der Waals surface area contributed by atoms with Gasteiger partial charge in [-0.05, 0) is 35.0 Å². The van der Waals surface area contributed by atoms with Gasteiger partial charge in [0.15, 0.2) is 0 Å². The third-order valence-electron chi connectivity index (χ3n) is 3.29. The first-order valence-electron chi connectivity index (χ1n) is 7.37. The summed E-state index contributed by atoms with van der Waals surface area (Å²) in [4.78, 5) is 16.6. The second kappa shape index (κ2) is 6.44. The van der Waals surface area contributed by atoms with Gasteiger partial charge in [-0.15, -0.1) is 0 Å². The number of benzene rings is 1. The first kappa shape index (κ1) is 15.5. The molecule has 0 unspecified atom stereocenters. The van der Waals surface area contributed by atoms with Gasteiger partial charge in [0.25, 0.3) is 5.78 Å². The largest absolute Gasteiger partial charge is 0.424 e. The number of ether oxygens (including phenoxy) is 1. The standard InChI is InChI=1S/C16H12BrN7O/c1-10-5-14(24-15(22-10)20-9-21-24)23-12-3-2-4-13(6-12)25-16-18-7-11(17)8-19-16/h2-9,23H,1H3. The SMILES string of the molecule is Cc1cc(Nc2cccc(Oc3ncc(Br)cn3)c2)n2ncnc2n1. The molecule has 0 spiro atoms. The predicted molar refractivity (Wildman–Crippen MR) is 95.0 cm³/mol. The van der Waals surface area contributed by atoms with E-state index >= 15 is 0 Å². The van der Waals surface area contributed by atoms with Gasteiger partial charge in [-0.1, -0.05) is 6.07 Å². The van der Waals surface area contributed by atoms with E-state index in [2.05, 4.69) is 46.3 Å². The van der Waals surface area contributed by atoms with E-state index in [1.165, 1.54) is 6.33 Å². The molecule has 0 saturated heterocycles. The lowest BCUT2D eigenvalue weighted by Gasteiger charge is -2.10. The molecule has 3 heterocycles. The Hall–Kier alpha value is -3.07. The molecule has 124 valence electrons. The maximum absolute atomic E-state index is 5.68. The topological polar surface area (TPSA) is 90.1 Å². The van der Waals surface area contributed by atoms with Crippen molar-refractivity contribution in [1.29, 1.82) is 0 Å². The number of fused-ring (bicyclic) bond motifs is 1. The van der Waals surface area contributed by atoms with Crippen LogP contribution in [0.5, 0.6) is 11.8 Å². The van der Waals surface area contributed by atoms with Gasteiger partial charge in [-0.25, -0.2) is 15.0 Å². The Kier molecular flexibility index (Phi) is 3.98. The molecule has 1 aromatic carbocycles. The van der Waals surface area contributed by atoms with Gasteiger partial charge >= 0.3 is 6.01 Å². The summed E-state index contributed by atoms with van der Waals surface area (Å²) in [6, 6.07) is 9.66. The maximum atomic E-state index is 5.68. The zero-order valence-corrected chi connectivity index (χ0v) is 14.7. The third kappa shape index (κ3) is 3.41. The van der Waals surface area contributed by atoms with Crippen LogP contribution in [-0.4, -0.2) is 29.5 Å². The van der Waals surface area contributed by atoms with E-state index in [1.54, 1.807) is 16.9 Å². The highest BCUT2D eigenvalue weighted by Crippen LogP contribution is 2.24. The van der Waals surface area contributed by atoms with E-state index in [4.69, 9.17) is 4.74 Å². The fourth-order valence-electron chi connectivity index (χ4n) is 2.26. The van der Waals surface area contributed by atoms with Crippen LogP contribution in [0.2, 0.25) is 0 Å². The van der Waals surface area contributed by atoms with E-state index < -0.39 is 0 Å². The Balaban J connectivity index is 1.60. The molecule has 0 radical (unpaired) electrons. The van der Waals surface area contributed by atoms with E-state index in [1.807, 2.05) is 37.3 Å². The zero-order valence-electron chi connectivity index (χ0n) is 13.1. The fraction of sp³-hybridized carbons (Fsp3) is 0.0625. The lowest BCUT2D eigenvalue weighted by molar-refractivity contribution is 0.441. The smallest absolute Gasteiger partial charge is 0.321 e. The van der Waals surface area contributed by atoms with Crippen molar-refractivity contribution in [2.24, 2.45) is 0 Å². The number of rotatable bonds is 4. The summed E-state index contributed by atoms with van der Waals surface area (Å²) in [6.45, 7) is 1.91. The van der Waals surface area contributed by atoms with Crippen molar-refractivity contribution in [1.82, 2.24) is 29.5 Å². The number of nitrogens with zero attached hydrogens (tertiary/aromatic N) is 6. The molecular weight excluding hydrogens is 386 g/mol. The molecule has 9 heteroatoms. The number of nitrogens with one attached hydrogen (secondary N) is 1. The van der Waals surface area contributed by atoms with E-state index in [-0.39, 0.29) is 6.01 Å². The minimum Gasteiger partial charge on any atom is -0.424 e. The monoisotopic (exact) mass is 397 g/mol. The zero-order chi connectivity index (χ0) is 17.2. The minimum absolute atomic E-state index is 0.277. The summed E-state index contributed by atoms with van der Waals surface area (Å²) in [6.07, 6.45) is 4.73. The molecule has 0 aliphatic rings. The summed E-state index contributed by atoms with van der Waals surface area (Å²) in [7, 11) is 0. The average molecular weight is 398 g/mol. The third-order valence-corrected chi connectivity index (χ3v) is 3.70. The first-order chi connectivity index (χ1) is 12.2. The molecule has 0 bridgehead atoms. The minimum atomic E-state index is 0.277. The highest BCUT2D eigenvalue weighted by molar-refractivity contribution is 9.10. The summed E-state index contributed by atoms with van der Waals surface area (Å²) in [5.41, 5.74) is 1.68. The Labute approximate surface area is 151 Å². The van der Waals surface area contributed by atoms with Crippen LogP contribution in [-0.2, 0) is 0 Å². The molecule has 0 aliphatic carbocycles. The lowest BCUT2D eigenvalue weighted by atomic mass is 10.3. The molecule has 25 heavy (non-hydrogen) atoms. The summed E-state index contributed by atoms with van der Waals surface area (Å²) < 4.78 is 8.11. The molecule has 0 amide bonds. The summed E-state index contributed by atoms with van der Waals surface area (Å²) >= 11 is 3.29. The normalized spacial score (nSPS) is 10.8. The Morgan fingerprint density at radius 3 is 2.80 bits per heavy atom. The summed E-state index contributed by atoms with van der Waals surface area (Å²) in [5, 5.41) is 7.48.